The van der Waals surface area contributed by atoms with Crippen molar-refractivity contribution in [3.8, 4) is 0 Å². The van der Waals surface area contributed by atoms with Gasteiger partial charge in [-0.3, -0.25) is 4.79 Å². The minimum absolute atomic E-state index is 0.0267. The maximum atomic E-state index is 12.5. The number of carbonyl (C=O) groups excluding carboxylic acids is 2. The van der Waals surface area contributed by atoms with E-state index >= 15 is 0 Å². The number of carbonyl (C=O) groups is 2. The number of ether oxygens (including phenoxy) is 1. The highest BCUT2D eigenvalue weighted by atomic mass is 32.2. The van der Waals surface area contributed by atoms with E-state index in [2.05, 4.69) is 4.98 Å². The zero-order chi connectivity index (χ0) is 15.2. The minimum atomic E-state index is -0.427. The number of amides is 1. The lowest BCUT2D eigenvalue weighted by Gasteiger charge is -2.25. The molecule has 1 saturated heterocycles. The van der Waals surface area contributed by atoms with E-state index in [1.807, 2.05) is 25.1 Å². The molecule has 1 aliphatic rings. The number of pyridine rings is 1. The van der Waals surface area contributed by atoms with Crippen LogP contribution in [0.15, 0.2) is 29.4 Å². The maximum absolute atomic E-state index is 12.5. The average molecular weight is 308 g/mol. The van der Waals surface area contributed by atoms with E-state index in [9.17, 15) is 9.59 Å². The van der Waals surface area contributed by atoms with Gasteiger partial charge in [-0.15, -0.1) is 0 Å². The van der Waals surface area contributed by atoms with Crippen LogP contribution in [0.4, 0.5) is 0 Å². The van der Waals surface area contributed by atoms with Gasteiger partial charge in [0.15, 0.2) is 0 Å². The molecule has 21 heavy (non-hydrogen) atoms. The molecule has 2 atom stereocenters. The third kappa shape index (κ3) is 3.97. The van der Waals surface area contributed by atoms with Gasteiger partial charge in [0, 0.05) is 12.7 Å². The molecule has 6 heteroatoms. The monoisotopic (exact) mass is 308 g/mol. The number of hydrogen-bond donors (Lipinski definition) is 0. The van der Waals surface area contributed by atoms with Crippen LogP contribution in [0.25, 0.3) is 0 Å². The van der Waals surface area contributed by atoms with Crippen molar-refractivity contribution in [3.63, 3.8) is 0 Å². The summed E-state index contributed by atoms with van der Waals surface area (Å²) in [6.07, 6.45) is 3.23. The van der Waals surface area contributed by atoms with Gasteiger partial charge in [0.2, 0.25) is 5.91 Å². The van der Waals surface area contributed by atoms with Gasteiger partial charge in [-0.25, -0.2) is 9.78 Å². The van der Waals surface area contributed by atoms with Crippen molar-refractivity contribution in [1.82, 2.24) is 9.88 Å². The van der Waals surface area contributed by atoms with E-state index in [0.29, 0.717) is 19.6 Å². The second kappa shape index (κ2) is 7.45. The third-order valence-corrected chi connectivity index (χ3v) is 4.42. The summed E-state index contributed by atoms with van der Waals surface area (Å²) < 4.78 is 5.05. The van der Waals surface area contributed by atoms with Crippen molar-refractivity contribution in [2.45, 2.75) is 43.0 Å². The lowest BCUT2D eigenvalue weighted by atomic mass is 10.2. The second-order valence-electron chi connectivity index (χ2n) is 4.87. The molecule has 114 valence electrons. The van der Waals surface area contributed by atoms with Crippen LogP contribution in [0.2, 0.25) is 0 Å². The van der Waals surface area contributed by atoms with Crippen LogP contribution in [0.3, 0.4) is 0 Å². The molecule has 1 aliphatic heterocycles. The molecule has 0 aromatic carbocycles. The number of nitrogens with zero attached hydrogens (tertiary/aromatic N) is 2. The molecule has 0 unspecified atom stereocenters. The van der Waals surface area contributed by atoms with Crippen molar-refractivity contribution >= 4 is 23.6 Å². The Balaban J connectivity index is 1.99. The summed E-state index contributed by atoms with van der Waals surface area (Å²) in [6.45, 7) is 4.59. The van der Waals surface area contributed by atoms with Crippen molar-refractivity contribution < 1.29 is 14.3 Å². The maximum Gasteiger partial charge on any atom is 0.328 e. The largest absolute Gasteiger partial charge is 0.464 e. The van der Waals surface area contributed by atoms with Gasteiger partial charge in [0.1, 0.15) is 6.04 Å². The zero-order valence-corrected chi connectivity index (χ0v) is 13.1. The first kappa shape index (κ1) is 15.8. The number of thioether (sulfide) groups is 1. The molecule has 0 saturated carbocycles. The Morgan fingerprint density at radius 3 is 3.00 bits per heavy atom. The summed E-state index contributed by atoms with van der Waals surface area (Å²) in [5.74, 6) is -0.320. The number of rotatable bonds is 5. The van der Waals surface area contributed by atoms with Crippen LogP contribution in [-0.4, -0.2) is 46.2 Å². The van der Waals surface area contributed by atoms with Crippen molar-refractivity contribution in [3.05, 3.63) is 24.4 Å². The molecule has 2 heterocycles. The summed E-state index contributed by atoms with van der Waals surface area (Å²) in [5.41, 5.74) is 0. The Bertz CT molecular complexity index is 495. The van der Waals surface area contributed by atoms with Gasteiger partial charge in [-0.05, 0) is 38.8 Å². The van der Waals surface area contributed by atoms with E-state index in [-0.39, 0.29) is 17.1 Å². The van der Waals surface area contributed by atoms with Gasteiger partial charge in [0.25, 0.3) is 0 Å². The van der Waals surface area contributed by atoms with E-state index in [4.69, 9.17) is 4.74 Å². The van der Waals surface area contributed by atoms with Gasteiger partial charge in [-0.1, -0.05) is 17.8 Å². The van der Waals surface area contributed by atoms with Crippen LogP contribution in [0.1, 0.15) is 26.7 Å². The fourth-order valence-electron chi connectivity index (χ4n) is 2.40. The summed E-state index contributed by atoms with van der Waals surface area (Å²) in [5, 5.41) is 0.542. The van der Waals surface area contributed by atoms with Gasteiger partial charge in [0.05, 0.1) is 16.9 Å². The summed E-state index contributed by atoms with van der Waals surface area (Å²) in [7, 11) is 0. The average Bonchev–Trinajstić information content (AvgIpc) is 2.97. The van der Waals surface area contributed by atoms with Crippen LogP contribution in [0, 0.1) is 0 Å². The molecule has 0 spiro atoms. The Hall–Kier alpha value is -1.56. The Morgan fingerprint density at radius 2 is 2.33 bits per heavy atom. The Kier molecular flexibility index (Phi) is 5.61. The number of likely N-dealkylation sites (tertiary alicyclic amines) is 1. The first-order chi connectivity index (χ1) is 10.1. The topological polar surface area (TPSA) is 59.5 Å². The second-order valence-corrected chi connectivity index (χ2v) is 6.23. The quantitative estimate of drug-likeness (QED) is 0.616. The number of aromatic nitrogens is 1. The Morgan fingerprint density at radius 1 is 1.52 bits per heavy atom. The minimum Gasteiger partial charge on any atom is -0.464 e. The fraction of sp³-hybridized carbons (Fsp3) is 0.533. The third-order valence-electron chi connectivity index (χ3n) is 3.38. The van der Waals surface area contributed by atoms with Crippen molar-refractivity contribution in [2.75, 3.05) is 13.2 Å². The summed E-state index contributed by atoms with van der Waals surface area (Å²) >= 11 is 1.41. The molecule has 1 amide bonds. The molecule has 5 nitrogen and oxygen atoms in total. The van der Waals surface area contributed by atoms with Crippen molar-refractivity contribution in [1.29, 1.82) is 0 Å². The molecular formula is C15H20N2O3S. The molecular weight excluding hydrogens is 288 g/mol. The van der Waals surface area contributed by atoms with Gasteiger partial charge >= 0.3 is 5.97 Å². The van der Waals surface area contributed by atoms with Crippen LogP contribution in [-0.2, 0) is 14.3 Å². The molecule has 0 radical (unpaired) electrons. The first-order valence-corrected chi connectivity index (χ1v) is 8.06. The highest BCUT2D eigenvalue weighted by molar-refractivity contribution is 8.00. The van der Waals surface area contributed by atoms with E-state index < -0.39 is 6.04 Å². The molecule has 1 fully saturated rings. The predicted molar refractivity (Wildman–Crippen MR) is 80.9 cm³/mol. The molecule has 0 N–H and O–H groups in total. The zero-order valence-electron chi connectivity index (χ0n) is 12.3. The first-order valence-electron chi connectivity index (χ1n) is 7.18. The van der Waals surface area contributed by atoms with Crippen LogP contribution >= 0.6 is 11.8 Å². The smallest absolute Gasteiger partial charge is 0.328 e. The van der Waals surface area contributed by atoms with E-state index in [1.165, 1.54) is 11.8 Å². The van der Waals surface area contributed by atoms with Gasteiger partial charge < -0.3 is 9.64 Å². The molecule has 1 aromatic heterocycles. The Labute approximate surface area is 129 Å². The van der Waals surface area contributed by atoms with Crippen molar-refractivity contribution in [2.24, 2.45) is 0 Å². The lowest BCUT2D eigenvalue weighted by molar-refractivity contribution is -0.152. The molecule has 1 aromatic rings. The summed E-state index contributed by atoms with van der Waals surface area (Å²) in [6, 6.07) is 5.18. The normalized spacial score (nSPS) is 19.3. The van der Waals surface area contributed by atoms with E-state index in [0.717, 1.165) is 11.4 Å². The molecule has 0 aliphatic carbocycles. The highest BCUT2D eigenvalue weighted by Crippen LogP contribution is 2.26. The lowest BCUT2D eigenvalue weighted by Crippen LogP contribution is -2.44. The molecule has 0 bridgehead atoms. The van der Waals surface area contributed by atoms with Gasteiger partial charge in [-0.2, -0.15) is 0 Å². The standard InChI is InChI=1S/C15H20N2O3S/c1-3-20-15(19)12-7-6-10-17(12)14(18)11(2)21-13-8-4-5-9-16-13/h4-5,8-9,11-12H,3,6-7,10H2,1-2H3/t11-,12+/m0/s1. The number of esters is 1. The SMILES string of the molecule is CCOC(=O)[C@H]1CCCN1C(=O)[C@H](C)Sc1ccccn1. The molecule has 2 rings (SSSR count). The van der Waals surface area contributed by atoms with E-state index in [1.54, 1.807) is 18.0 Å². The summed E-state index contributed by atoms with van der Waals surface area (Å²) in [4.78, 5) is 30.3. The highest BCUT2D eigenvalue weighted by Gasteiger charge is 2.37. The van der Waals surface area contributed by atoms with Crippen LogP contribution < -0.4 is 0 Å². The van der Waals surface area contributed by atoms with Crippen LogP contribution in [0.5, 0.6) is 0 Å². The predicted octanol–water partition coefficient (Wildman–Crippen LogP) is 2.12. The fourth-order valence-corrected chi connectivity index (χ4v) is 3.27. The number of hydrogen-bond acceptors (Lipinski definition) is 5.